The van der Waals surface area contributed by atoms with Crippen LogP contribution >= 0.6 is 0 Å². The molecule has 0 spiro atoms. The van der Waals surface area contributed by atoms with E-state index in [0.29, 0.717) is 12.3 Å². The van der Waals surface area contributed by atoms with Gasteiger partial charge in [-0.05, 0) is 35.7 Å². The third-order valence-corrected chi connectivity index (χ3v) is 4.34. The maximum Gasteiger partial charge on any atom is 0.309 e. The van der Waals surface area contributed by atoms with Crippen molar-refractivity contribution >= 4 is 11.9 Å². The highest BCUT2D eigenvalue weighted by molar-refractivity contribution is 5.78. The maximum atomic E-state index is 11.7. The number of benzene rings is 2. The van der Waals surface area contributed by atoms with Crippen molar-refractivity contribution in [3.63, 3.8) is 0 Å². The van der Waals surface area contributed by atoms with Crippen LogP contribution in [-0.2, 0) is 27.3 Å². The Morgan fingerprint density at radius 1 is 1.04 bits per heavy atom. The van der Waals surface area contributed by atoms with Crippen molar-refractivity contribution in [2.45, 2.75) is 26.8 Å². The molecule has 0 N–H and O–H groups in total. The summed E-state index contributed by atoms with van der Waals surface area (Å²) in [7, 11) is 4.77. The zero-order valence-corrected chi connectivity index (χ0v) is 16.0. The van der Waals surface area contributed by atoms with Crippen LogP contribution in [0.2, 0.25) is 0 Å². The molecule has 0 radical (unpaired) electrons. The number of hydrogen-bond donors (Lipinski definition) is 0. The molecule has 0 fully saturated rings. The highest BCUT2D eigenvalue weighted by Gasteiger charge is 2.15. The van der Waals surface area contributed by atoms with Crippen molar-refractivity contribution < 1.29 is 19.1 Å². The Hall–Kier alpha value is -2.82. The number of nitrogens with zero attached hydrogens (tertiary/aromatic N) is 1. The van der Waals surface area contributed by atoms with E-state index in [0.717, 1.165) is 27.8 Å². The normalized spacial score (nSPS) is 10.3. The standard InChI is InChI=1S/C21H25NO4/c1-14-6-8-18(17(10-14)13-22(3)15(2)23)19-11-16(12-21(24)26-5)7-9-20(19)25-4/h6-11H,12-13H2,1-5H3. The molecule has 0 aliphatic heterocycles. The summed E-state index contributed by atoms with van der Waals surface area (Å²) in [5, 5.41) is 0. The van der Waals surface area contributed by atoms with E-state index in [1.807, 2.05) is 37.3 Å². The minimum Gasteiger partial charge on any atom is -0.496 e. The average Bonchev–Trinajstić information content (AvgIpc) is 2.61. The molecule has 0 unspecified atom stereocenters. The monoisotopic (exact) mass is 355 g/mol. The first-order chi connectivity index (χ1) is 12.3. The Kier molecular flexibility index (Phi) is 6.39. The van der Waals surface area contributed by atoms with Crippen molar-refractivity contribution in [3.05, 3.63) is 53.1 Å². The molecule has 1 amide bonds. The Morgan fingerprint density at radius 2 is 1.77 bits per heavy atom. The first-order valence-corrected chi connectivity index (χ1v) is 8.41. The summed E-state index contributed by atoms with van der Waals surface area (Å²) < 4.78 is 10.3. The van der Waals surface area contributed by atoms with Crippen LogP contribution in [0.15, 0.2) is 36.4 Å². The van der Waals surface area contributed by atoms with Crippen LogP contribution in [0.4, 0.5) is 0 Å². The maximum absolute atomic E-state index is 11.7. The average molecular weight is 355 g/mol. The predicted octanol–water partition coefficient (Wildman–Crippen LogP) is 3.36. The first-order valence-electron chi connectivity index (χ1n) is 8.41. The summed E-state index contributed by atoms with van der Waals surface area (Å²) in [4.78, 5) is 24.9. The van der Waals surface area contributed by atoms with Crippen molar-refractivity contribution in [2.24, 2.45) is 0 Å². The van der Waals surface area contributed by atoms with Gasteiger partial charge in [0.05, 0.1) is 20.6 Å². The van der Waals surface area contributed by atoms with Gasteiger partial charge in [0.2, 0.25) is 5.91 Å². The summed E-state index contributed by atoms with van der Waals surface area (Å²) in [5.41, 5.74) is 4.86. The molecule has 0 bridgehead atoms. The van der Waals surface area contributed by atoms with Gasteiger partial charge in [0.15, 0.2) is 0 Å². The second kappa shape index (κ2) is 8.52. The first kappa shape index (κ1) is 19.5. The van der Waals surface area contributed by atoms with Crippen LogP contribution < -0.4 is 4.74 Å². The molecule has 0 atom stereocenters. The molecule has 0 saturated carbocycles. The lowest BCUT2D eigenvalue weighted by Gasteiger charge is -2.20. The molecule has 2 rings (SSSR count). The summed E-state index contributed by atoms with van der Waals surface area (Å²) >= 11 is 0. The van der Waals surface area contributed by atoms with Crippen molar-refractivity contribution in [3.8, 4) is 16.9 Å². The van der Waals surface area contributed by atoms with Crippen LogP contribution in [0.5, 0.6) is 5.75 Å². The van der Waals surface area contributed by atoms with E-state index in [2.05, 4.69) is 6.07 Å². The highest BCUT2D eigenvalue weighted by Crippen LogP contribution is 2.34. The van der Waals surface area contributed by atoms with Gasteiger partial charge in [-0.25, -0.2) is 0 Å². The fraction of sp³-hybridized carbons (Fsp3) is 0.333. The quantitative estimate of drug-likeness (QED) is 0.746. The topological polar surface area (TPSA) is 55.8 Å². The lowest BCUT2D eigenvalue weighted by molar-refractivity contribution is -0.139. The van der Waals surface area contributed by atoms with E-state index in [-0.39, 0.29) is 18.3 Å². The molecule has 5 heteroatoms. The molecule has 0 aliphatic carbocycles. The molecule has 5 nitrogen and oxygen atoms in total. The molecule has 0 saturated heterocycles. The largest absolute Gasteiger partial charge is 0.496 e. The highest BCUT2D eigenvalue weighted by atomic mass is 16.5. The number of methoxy groups -OCH3 is 2. The van der Waals surface area contributed by atoms with Gasteiger partial charge in [-0.1, -0.05) is 29.8 Å². The van der Waals surface area contributed by atoms with E-state index < -0.39 is 0 Å². The van der Waals surface area contributed by atoms with Gasteiger partial charge < -0.3 is 14.4 Å². The Bertz CT molecular complexity index is 814. The molecule has 26 heavy (non-hydrogen) atoms. The number of amides is 1. The Labute approximate surface area is 154 Å². The molecule has 2 aromatic rings. The second-order valence-corrected chi connectivity index (χ2v) is 6.32. The predicted molar refractivity (Wildman–Crippen MR) is 101 cm³/mol. The van der Waals surface area contributed by atoms with Gasteiger partial charge in [0.1, 0.15) is 5.75 Å². The number of esters is 1. The second-order valence-electron chi connectivity index (χ2n) is 6.32. The van der Waals surface area contributed by atoms with E-state index in [9.17, 15) is 9.59 Å². The fourth-order valence-electron chi connectivity index (χ4n) is 2.80. The number of carbonyl (C=O) groups excluding carboxylic acids is 2. The fourth-order valence-corrected chi connectivity index (χ4v) is 2.80. The zero-order valence-electron chi connectivity index (χ0n) is 16.0. The minimum atomic E-state index is -0.290. The van der Waals surface area contributed by atoms with Crippen LogP contribution in [-0.4, -0.2) is 38.0 Å². The van der Waals surface area contributed by atoms with Crippen LogP contribution in [0, 0.1) is 6.92 Å². The third-order valence-electron chi connectivity index (χ3n) is 4.34. The van der Waals surface area contributed by atoms with Crippen LogP contribution in [0.1, 0.15) is 23.6 Å². The Balaban J connectivity index is 2.53. The van der Waals surface area contributed by atoms with Gasteiger partial charge >= 0.3 is 5.97 Å². The molecule has 0 heterocycles. The summed E-state index contributed by atoms with van der Waals surface area (Å²) in [5.74, 6) is 0.430. The van der Waals surface area contributed by atoms with Gasteiger partial charge in [0, 0.05) is 26.1 Å². The third kappa shape index (κ3) is 4.63. The molecular formula is C21H25NO4. The lowest BCUT2D eigenvalue weighted by Crippen LogP contribution is -2.23. The van der Waals surface area contributed by atoms with Crippen molar-refractivity contribution in [2.75, 3.05) is 21.3 Å². The number of hydrogen-bond acceptors (Lipinski definition) is 4. The molecule has 0 aromatic heterocycles. The molecule has 0 aliphatic rings. The number of ether oxygens (including phenoxy) is 2. The number of aryl methyl sites for hydroxylation is 1. The number of carbonyl (C=O) groups is 2. The zero-order chi connectivity index (χ0) is 19.3. The minimum absolute atomic E-state index is 0.00358. The van der Waals surface area contributed by atoms with Crippen LogP contribution in [0.3, 0.4) is 0 Å². The summed E-state index contributed by atoms with van der Waals surface area (Å²) in [6.07, 6.45) is 0.196. The SMILES string of the molecule is COC(=O)Cc1ccc(OC)c(-c2ccc(C)cc2CN(C)C(C)=O)c1. The molecule has 2 aromatic carbocycles. The van der Waals surface area contributed by atoms with Crippen LogP contribution in [0.25, 0.3) is 11.1 Å². The summed E-state index contributed by atoms with van der Waals surface area (Å²) in [6.45, 7) is 4.07. The molecular weight excluding hydrogens is 330 g/mol. The molecule has 138 valence electrons. The van der Waals surface area contributed by atoms with Gasteiger partial charge in [-0.2, -0.15) is 0 Å². The lowest BCUT2D eigenvalue weighted by atomic mass is 9.94. The van der Waals surface area contributed by atoms with Gasteiger partial charge in [-0.15, -0.1) is 0 Å². The Morgan fingerprint density at radius 3 is 2.38 bits per heavy atom. The van der Waals surface area contributed by atoms with Gasteiger partial charge in [-0.3, -0.25) is 9.59 Å². The van der Waals surface area contributed by atoms with E-state index in [1.165, 1.54) is 7.11 Å². The van der Waals surface area contributed by atoms with Crippen molar-refractivity contribution in [1.82, 2.24) is 4.90 Å². The van der Waals surface area contributed by atoms with Crippen molar-refractivity contribution in [1.29, 1.82) is 0 Å². The smallest absolute Gasteiger partial charge is 0.309 e. The van der Waals surface area contributed by atoms with E-state index in [4.69, 9.17) is 9.47 Å². The number of rotatable bonds is 6. The van der Waals surface area contributed by atoms with Gasteiger partial charge in [0.25, 0.3) is 0 Å². The van der Waals surface area contributed by atoms with E-state index in [1.54, 1.807) is 26.0 Å². The van der Waals surface area contributed by atoms with E-state index >= 15 is 0 Å². The summed E-state index contributed by atoms with van der Waals surface area (Å²) in [6, 6.07) is 11.8.